The molecule has 0 bridgehead atoms. The second kappa shape index (κ2) is 5.59. The van der Waals surface area contributed by atoms with Gasteiger partial charge in [0.1, 0.15) is 0 Å². The first-order valence-electron chi connectivity index (χ1n) is 6.69. The zero-order chi connectivity index (χ0) is 14.8. The van der Waals surface area contributed by atoms with Gasteiger partial charge in [-0.3, -0.25) is 10.1 Å². The molecular weight excluding hydrogens is 266 g/mol. The van der Waals surface area contributed by atoms with E-state index in [1.807, 2.05) is 6.08 Å². The lowest BCUT2D eigenvalue weighted by Gasteiger charge is -2.22. The van der Waals surface area contributed by atoms with E-state index in [0.717, 1.165) is 5.56 Å². The van der Waals surface area contributed by atoms with E-state index in [9.17, 15) is 10.1 Å². The lowest BCUT2D eigenvalue weighted by Crippen LogP contribution is -2.26. The fraction of sp³-hybridized carbons (Fsp3) is 0.250. The molecule has 0 saturated carbocycles. The van der Waals surface area contributed by atoms with Gasteiger partial charge in [0.05, 0.1) is 13.0 Å². The van der Waals surface area contributed by atoms with Crippen molar-refractivity contribution in [1.29, 1.82) is 0 Å². The maximum absolute atomic E-state index is 10.6. The minimum Gasteiger partial charge on any atom is -0.258 e. The molecule has 1 aromatic carbocycles. The van der Waals surface area contributed by atoms with Crippen molar-refractivity contribution in [2.45, 2.75) is 19.6 Å². The molecule has 1 aliphatic carbocycles. The number of non-ortho nitro benzene ring substituents is 1. The highest BCUT2D eigenvalue weighted by Gasteiger charge is 2.25. The quantitative estimate of drug-likeness (QED) is 0.461. The van der Waals surface area contributed by atoms with Crippen LogP contribution in [0.25, 0.3) is 6.08 Å². The van der Waals surface area contributed by atoms with Crippen LogP contribution in [-0.2, 0) is 0 Å². The minimum atomic E-state index is -1.29. The number of hydrogen-bond acceptors (Lipinski definition) is 2. The summed E-state index contributed by atoms with van der Waals surface area (Å²) in [6.45, 7) is 7.04. The van der Waals surface area contributed by atoms with Crippen molar-refractivity contribution >= 4 is 19.8 Å². The number of allylic oxidation sites excluding steroid dienone is 5. The molecular formula is C16H19NO2Si. The predicted octanol–water partition coefficient (Wildman–Crippen LogP) is 4.60. The Hall–Kier alpha value is -1.94. The monoisotopic (exact) mass is 285 g/mol. The number of rotatable bonds is 4. The average Bonchev–Trinajstić information content (AvgIpc) is 2.85. The molecule has 0 fully saturated rings. The SMILES string of the molecule is C[Si](C)(C)C1=CC=CC1/C=C/c1ccc([N+](=O)[O-])cc1. The van der Waals surface area contributed by atoms with Crippen LogP contribution in [0.15, 0.2) is 53.8 Å². The number of nitrogens with zero attached hydrogens (tertiary/aromatic N) is 1. The first-order chi connectivity index (χ1) is 9.38. The van der Waals surface area contributed by atoms with E-state index >= 15 is 0 Å². The standard InChI is InChI=1S/C16H19NO2Si/c1-20(2,3)16-6-4-5-14(16)10-7-13-8-11-15(12-9-13)17(18)19/h4-12,14H,1-3H3/b10-7+. The van der Waals surface area contributed by atoms with Crippen LogP contribution in [0.2, 0.25) is 19.6 Å². The van der Waals surface area contributed by atoms with Gasteiger partial charge in [-0.25, -0.2) is 0 Å². The first-order valence-corrected chi connectivity index (χ1v) is 10.2. The molecule has 0 spiro atoms. The fourth-order valence-electron chi connectivity index (χ4n) is 2.33. The molecule has 3 nitrogen and oxygen atoms in total. The molecule has 0 N–H and O–H groups in total. The Morgan fingerprint density at radius 1 is 1.20 bits per heavy atom. The number of hydrogen-bond donors (Lipinski definition) is 0. The molecule has 104 valence electrons. The fourth-order valence-corrected chi connectivity index (χ4v) is 4.12. The minimum absolute atomic E-state index is 0.130. The summed E-state index contributed by atoms with van der Waals surface area (Å²) in [5.41, 5.74) is 1.12. The predicted molar refractivity (Wildman–Crippen MR) is 86.2 cm³/mol. The molecule has 0 heterocycles. The van der Waals surface area contributed by atoms with Gasteiger partial charge in [0.2, 0.25) is 0 Å². The van der Waals surface area contributed by atoms with Crippen molar-refractivity contribution in [1.82, 2.24) is 0 Å². The van der Waals surface area contributed by atoms with Gasteiger partial charge in [0, 0.05) is 18.1 Å². The van der Waals surface area contributed by atoms with E-state index in [2.05, 4.69) is 43.9 Å². The molecule has 0 saturated heterocycles. The van der Waals surface area contributed by atoms with Crippen molar-refractivity contribution in [2.75, 3.05) is 0 Å². The molecule has 1 atom stereocenters. The topological polar surface area (TPSA) is 43.1 Å². The van der Waals surface area contributed by atoms with Crippen molar-refractivity contribution in [3.63, 3.8) is 0 Å². The van der Waals surface area contributed by atoms with Crippen molar-refractivity contribution in [3.05, 3.63) is 69.4 Å². The lowest BCUT2D eigenvalue weighted by atomic mass is 10.1. The Labute approximate surface area is 120 Å². The summed E-state index contributed by atoms with van der Waals surface area (Å²) in [5.74, 6) is 0.372. The second-order valence-electron chi connectivity index (χ2n) is 5.99. The summed E-state index contributed by atoms with van der Waals surface area (Å²) in [6.07, 6.45) is 10.8. The van der Waals surface area contributed by atoms with Gasteiger partial charge in [-0.2, -0.15) is 0 Å². The summed E-state index contributed by atoms with van der Waals surface area (Å²) in [5, 5.41) is 12.1. The normalized spacial score (nSPS) is 18.6. The smallest absolute Gasteiger partial charge is 0.258 e. The second-order valence-corrected chi connectivity index (χ2v) is 11.1. The molecule has 1 unspecified atom stereocenters. The molecule has 0 aromatic heterocycles. The highest BCUT2D eigenvalue weighted by Crippen LogP contribution is 2.30. The van der Waals surface area contributed by atoms with Gasteiger partial charge in [-0.1, -0.05) is 55.2 Å². The Kier molecular flexibility index (Phi) is 4.04. The lowest BCUT2D eigenvalue weighted by molar-refractivity contribution is -0.384. The highest BCUT2D eigenvalue weighted by molar-refractivity contribution is 6.83. The van der Waals surface area contributed by atoms with E-state index in [-0.39, 0.29) is 10.6 Å². The van der Waals surface area contributed by atoms with Crippen LogP contribution in [0.5, 0.6) is 0 Å². The number of nitro groups is 1. The third kappa shape index (κ3) is 3.33. The van der Waals surface area contributed by atoms with Crippen LogP contribution < -0.4 is 0 Å². The Bertz CT molecular complexity index is 592. The largest absolute Gasteiger partial charge is 0.269 e. The molecule has 20 heavy (non-hydrogen) atoms. The summed E-state index contributed by atoms with van der Waals surface area (Å²) < 4.78 is 0. The average molecular weight is 285 g/mol. The molecule has 1 aliphatic rings. The number of nitro benzene ring substituents is 1. The van der Waals surface area contributed by atoms with Crippen LogP contribution in [0.1, 0.15) is 5.56 Å². The van der Waals surface area contributed by atoms with Crippen molar-refractivity contribution < 1.29 is 4.92 Å². The first kappa shape index (κ1) is 14.5. The van der Waals surface area contributed by atoms with Crippen LogP contribution in [0.3, 0.4) is 0 Å². The van der Waals surface area contributed by atoms with Crippen LogP contribution in [0.4, 0.5) is 5.69 Å². The van der Waals surface area contributed by atoms with Crippen LogP contribution in [0, 0.1) is 16.0 Å². The third-order valence-electron chi connectivity index (χ3n) is 3.42. The molecule has 0 aliphatic heterocycles. The number of benzene rings is 1. The van der Waals surface area contributed by atoms with Crippen LogP contribution in [-0.4, -0.2) is 13.0 Å². The Morgan fingerprint density at radius 3 is 2.40 bits per heavy atom. The Morgan fingerprint density at radius 2 is 1.85 bits per heavy atom. The van der Waals surface area contributed by atoms with Crippen molar-refractivity contribution in [2.24, 2.45) is 5.92 Å². The summed E-state index contributed by atoms with van der Waals surface area (Å²) in [7, 11) is -1.29. The van der Waals surface area contributed by atoms with Gasteiger partial charge < -0.3 is 0 Å². The summed E-state index contributed by atoms with van der Waals surface area (Å²) in [6, 6.07) is 6.65. The maximum atomic E-state index is 10.6. The van der Waals surface area contributed by atoms with E-state index < -0.39 is 8.07 Å². The Balaban J connectivity index is 2.12. The van der Waals surface area contributed by atoms with Gasteiger partial charge in [0.15, 0.2) is 0 Å². The van der Waals surface area contributed by atoms with E-state index in [1.165, 1.54) is 5.20 Å². The van der Waals surface area contributed by atoms with E-state index in [1.54, 1.807) is 24.3 Å². The van der Waals surface area contributed by atoms with Crippen LogP contribution >= 0.6 is 0 Å². The van der Waals surface area contributed by atoms with Gasteiger partial charge in [-0.05, 0) is 17.7 Å². The summed E-state index contributed by atoms with van der Waals surface area (Å²) >= 11 is 0. The van der Waals surface area contributed by atoms with Gasteiger partial charge >= 0.3 is 0 Å². The molecule has 0 radical (unpaired) electrons. The molecule has 4 heteroatoms. The van der Waals surface area contributed by atoms with E-state index in [0.29, 0.717) is 5.92 Å². The highest BCUT2D eigenvalue weighted by atomic mass is 28.3. The van der Waals surface area contributed by atoms with E-state index in [4.69, 9.17) is 0 Å². The summed E-state index contributed by atoms with van der Waals surface area (Å²) in [4.78, 5) is 10.2. The maximum Gasteiger partial charge on any atom is 0.269 e. The molecule has 0 amide bonds. The zero-order valence-corrected chi connectivity index (χ0v) is 13.0. The zero-order valence-electron chi connectivity index (χ0n) is 12.0. The third-order valence-corrected chi connectivity index (χ3v) is 5.65. The molecule has 1 aromatic rings. The van der Waals surface area contributed by atoms with Crippen molar-refractivity contribution in [3.8, 4) is 0 Å². The molecule has 2 rings (SSSR count). The van der Waals surface area contributed by atoms with Gasteiger partial charge in [-0.15, -0.1) is 0 Å². The van der Waals surface area contributed by atoms with Gasteiger partial charge in [0.25, 0.3) is 5.69 Å².